The van der Waals surface area contributed by atoms with Crippen LogP contribution in [0.3, 0.4) is 0 Å². The molecule has 1 saturated heterocycles. The van der Waals surface area contributed by atoms with E-state index in [1.807, 2.05) is 18.7 Å². The first-order valence-electron chi connectivity index (χ1n) is 7.12. The van der Waals surface area contributed by atoms with E-state index < -0.39 is 15.8 Å². The first-order chi connectivity index (χ1) is 10.3. The lowest BCUT2D eigenvalue weighted by Gasteiger charge is -2.36. The molecule has 1 heterocycles. The molecule has 1 aromatic carbocycles. The fourth-order valence-corrected chi connectivity index (χ4v) is 4.12. The summed E-state index contributed by atoms with van der Waals surface area (Å²) in [5.74, 6) is -0.554. The smallest absolute Gasteiger partial charge is 0.243 e. The van der Waals surface area contributed by atoms with E-state index in [0.717, 1.165) is 6.07 Å². The predicted molar refractivity (Wildman–Crippen MR) is 87.6 cm³/mol. The van der Waals surface area contributed by atoms with Gasteiger partial charge in [-0.1, -0.05) is 6.07 Å². The van der Waals surface area contributed by atoms with Gasteiger partial charge in [0.05, 0.1) is 4.90 Å². The SMILES string of the molecule is CC(C)NC(=S)N1CCN(S(=O)(=O)c2cccc(F)c2)CC1. The molecular formula is C14H20FN3O2S2. The number of hydrogen-bond donors (Lipinski definition) is 1. The molecule has 1 N–H and O–H groups in total. The Labute approximate surface area is 136 Å². The van der Waals surface area contributed by atoms with Crippen LogP contribution in [0.15, 0.2) is 29.2 Å². The van der Waals surface area contributed by atoms with Gasteiger partial charge in [-0.05, 0) is 44.3 Å². The molecule has 22 heavy (non-hydrogen) atoms. The van der Waals surface area contributed by atoms with Gasteiger partial charge in [0.15, 0.2) is 5.11 Å². The summed E-state index contributed by atoms with van der Waals surface area (Å²) in [7, 11) is -3.65. The van der Waals surface area contributed by atoms with E-state index in [9.17, 15) is 12.8 Å². The van der Waals surface area contributed by atoms with E-state index in [1.165, 1.54) is 22.5 Å². The van der Waals surface area contributed by atoms with E-state index in [1.54, 1.807) is 0 Å². The van der Waals surface area contributed by atoms with E-state index in [-0.39, 0.29) is 10.9 Å². The number of hydrogen-bond acceptors (Lipinski definition) is 3. The van der Waals surface area contributed by atoms with Crippen LogP contribution in [0.25, 0.3) is 0 Å². The van der Waals surface area contributed by atoms with Crippen LogP contribution < -0.4 is 5.32 Å². The highest BCUT2D eigenvalue weighted by molar-refractivity contribution is 7.89. The number of nitrogens with one attached hydrogen (secondary N) is 1. The topological polar surface area (TPSA) is 52.6 Å². The molecule has 0 unspecified atom stereocenters. The Morgan fingerprint density at radius 1 is 1.27 bits per heavy atom. The molecule has 8 heteroatoms. The van der Waals surface area contributed by atoms with Crippen LogP contribution in [-0.2, 0) is 10.0 Å². The number of nitrogens with zero attached hydrogens (tertiary/aromatic N) is 2. The van der Waals surface area contributed by atoms with Crippen LogP contribution in [0, 0.1) is 5.82 Å². The third-order valence-corrected chi connectivity index (χ3v) is 5.64. The Bertz CT molecular complexity index is 641. The first-order valence-corrected chi connectivity index (χ1v) is 8.96. The average Bonchev–Trinajstić information content (AvgIpc) is 2.46. The summed E-state index contributed by atoms with van der Waals surface area (Å²) in [6.45, 7) is 5.70. The quantitative estimate of drug-likeness (QED) is 0.840. The molecule has 0 saturated carbocycles. The number of thiocarbonyl (C=S) groups is 1. The van der Waals surface area contributed by atoms with Gasteiger partial charge in [0, 0.05) is 32.2 Å². The summed E-state index contributed by atoms with van der Waals surface area (Å²) in [6.07, 6.45) is 0. The van der Waals surface area contributed by atoms with Crippen molar-refractivity contribution >= 4 is 27.4 Å². The maximum Gasteiger partial charge on any atom is 0.243 e. The molecular weight excluding hydrogens is 325 g/mol. The Hall–Kier alpha value is -1.25. The van der Waals surface area contributed by atoms with Gasteiger partial charge in [0.1, 0.15) is 5.82 Å². The van der Waals surface area contributed by atoms with Crippen molar-refractivity contribution in [3.63, 3.8) is 0 Å². The summed E-state index contributed by atoms with van der Waals surface area (Å²) >= 11 is 5.29. The van der Waals surface area contributed by atoms with E-state index in [4.69, 9.17) is 12.2 Å². The van der Waals surface area contributed by atoms with Gasteiger partial charge >= 0.3 is 0 Å². The van der Waals surface area contributed by atoms with Crippen molar-refractivity contribution < 1.29 is 12.8 Å². The largest absolute Gasteiger partial charge is 0.360 e. The summed E-state index contributed by atoms with van der Waals surface area (Å²) < 4.78 is 39.6. The lowest BCUT2D eigenvalue weighted by Crippen LogP contribution is -2.53. The minimum atomic E-state index is -3.65. The molecule has 0 spiro atoms. The third-order valence-electron chi connectivity index (χ3n) is 3.37. The Morgan fingerprint density at radius 3 is 2.45 bits per heavy atom. The van der Waals surface area contributed by atoms with E-state index in [0.29, 0.717) is 31.3 Å². The van der Waals surface area contributed by atoms with Crippen LogP contribution >= 0.6 is 12.2 Å². The zero-order valence-corrected chi connectivity index (χ0v) is 14.3. The van der Waals surface area contributed by atoms with E-state index >= 15 is 0 Å². The number of piperazine rings is 1. The summed E-state index contributed by atoms with van der Waals surface area (Å²) in [5, 5.41) is 3.78. The zero-order valence-electron chi connectivity index (χ0n) is 12.6. The second-order valence-corrected chi connectivity index (χ2v) is 7.78. The van der Waals surface area contributed by atoms with Gasteiger partial charge in [-0.3, -0.25) is 0 Å². The summed E-state index contributed by atoms with van der Waals surface area (Å²) in [5.41, 5.74) is 0. The van der Waals surface area contributed by atoms with Crippen molar-refractivity contribution in [2.75, 3.05) is 26.2 Å². The molecule has 122 valence electrons. The fourth-order valence-electron chi connectivity index (χ4n) is 2.25. The predicted octanol–water partition coefficient (Wildman–Crippen LogP) is 1.41. The minimum Gasteiger partial charge on any atom is -0.360 e. The Morgan fingerprint density at radius 2 is 1.91 bits per heavy atom. The maximum atomic E-state index is 13.2. The van der Waals surface area contributed by atoms with Crippen molar-refractivity contribution in [2.24, 2.45) is 0 Å². The Balaban J connectivity index is 2.03. The molecule has 1 fully saturated rings. The van der Waals surface area contributed by atoms with Gasteiger partial charge in [-0.15, -0.1) is 0 Å². The molecule has 0 aromatic heterocycles. The lowest BCUT2D eigenvalue weighted by atomic mass is 10.3. The fraction of sp³-hybridized carbons (Fsp3) is 0.500. The van der Waals surface area contributed by atoms with Crippen molar-refractivity contribution in [3.05, 3.63) is 30.1 Å². The van der Waals surface area contributed by atoms with Crippen LogP contribution in [0.5, 0.6) is 0 Å². The minimum absolute atomic E-state index is 0.0103. The van der Waals surface area contributed by atoms with Gasteiger partial charge in [-0.25, -0.2) is 12.8 Å². The van der Waals surface area contributed by atoms with Crippen molar-refractivity contribution in [1.82, 2.24) is 14.5 Å². The maximum absolute atomic E-state index is 13.2. The number of halogens is 1. The highest BCUT2D eigenvalue weighted by Crippen LogP contribution is 2.18. The second-order valence-electron chi connectivity index (χ2n) is 5.45. The summed E-state index contributed by atoms with van der Waals surface area (Å²) in [4.78, 5) is 1.94. The van der Waals surface area contributed by atoms with Crippen molar-refractivity contribution in [3.8, 4) is 0 Å². The highest BCUT2D eigenvalue weighted by atomic mass is 32.2. The number of rotatable bonds is 3. The summed E-state index contributed by atoms with van der Waals surface area (Å²) in [6, 6.07) is 5.33. The van der Waals surface area contributed by atoms with Gasteiger partial charge in [0.2, 0.25) is 10.0 Å². The van der Waals surface area contributed by atoms with Crippen molar-refractivity contribution in [2.45, 2.75) is 24.8 Å². The van der Waals surface area contributed by atoms with Crippen LogP contribution in [0.2, 0.25) is 0 Å². The van der Waals surface area contributed by atoms with Gasteiger partial charge in [0.25, 0.3) is 0 Å². The Kier molecular flexibility index (Phi) is 5.36. The molecule has 0 bridgehead atoms. The standard InChI is InChI=1S/C14H20FN3O2S2/c1-11(2)16-14(21)17-6-8-18(9-7-17)22(19,20)13-5-3-4-12(15)10-13/h3-5,10-11H,6-9H2,1-2H3,(H,16,21). The zero-order chi connectivity index (χ0) is 16.3. The molecule has 1 aliphatic rings. The monoisotopic (exact) mass is 345 g/mol. The normalized spacial score (nSPS) is 16.8. The second kappa shape index (κ2) is 6.89. The van der Waals surface area contributed by atoms with Crippen LogP contribution in [0.4, 0.5) is 4.39 Å². The number of benzene rings is 1. The molecule has 0 aliphatic carbocycles. The van der Waals surface area contributed by atoms with Crippen molar-refractivity contribution in [1.29, 1.82) is 0 Å². The molecule has 2 rings (SSSR count). The molecule has 1 aliphatic heterocycles. The molecule has 0 amide bonds. The molecule has 0 radical (unpaired) electrons. The van der Waals surface area contributed by atoms with Crippen LogP contribution in [-0.4, -0.2) is 55.0 Å². The van der Waals surface area contributed by atoms with Crippen LogP contribution in [0.1, 0.15) is 13.8 Å². The van der Waals surface area contributed by atoms with E-state index in [2.05, 4.69) is 5.32 Å². The van der Waals surface area contributed by atoms with Gasteiger partial charge < -0.3 is 10.2 Å². The number of sulfonamides is 1. The molecule has 5 nitrogen and oxygen atoms in total. The molecule has 1 aromatic rings. The first kappa shape index (κ1) is 17.1. The van der Waals surface area contributed by atoms with Gasteiger partial charge in [-0.2, -0.15) is 4.31 Å². The average molecular weight is 345 g/mol. The third kappa shape index (κ3) is 3.93. The molecule has 0 atom stereocenters. The highest BCUT2D eigenvalue weighted by Gasteiger charge is 2.29. The lowest BCUT2D eigenvalue weighted by molar-refractivity contribution is 0.263.